The van der Waals surface area contributed by atoms with Crippen molar-refractivity contribution in [2.45, 2.75) is 29.9 Å². The van der Waals surface area contributed by atoms with Gasteiger partial charge in [0.1, 0.15) is 0 Å². The molecule has 5 nitrogen and oxygen atoms in total. The van der Waals surface area contributed by atoms with Gasteiger partial charge < -0.3 is 5.32 Å². The van der Waals surface area contributed by atoms with Gasteiger partial charge in [-0.15, -0.1) is 11.8 Å². The van der Waals surface area contributed by atoms with Crippen LogP contribution in [-0.2, 0) is 14.8 Å². The fourth-order valence-corrected chi connectivity index (χ4v) is 5.42. The predicted molar refractivity (Wildman–Crippen MR) is 110 cm³/mol. The van der Waals surface area contributed by atoms with Crippen molar-refractivity contribution in [2.75, 3.05) is 24.2 Å². The maximum absolute atomic E-state index is 12.7. The number of carbonyl (C=O) groups is 1. The zero-order valence-electron chi connectivity index (χ0n) is 15.3. The number of nitrogens with zero attached hydrogens (tertiary/aromatic N) is 1. The summed E-state index contributed by atoms with van der Waals surface area (Å²) in [5.74, 6) is 0.164. The lowest BCUT2D eigenvalue weighted by molar-refractivity contribution is -0.113. The first-order valence-corrected chi connectivity index (χ1v) is 11.5. The van der Waals surface area contributed by atoms with Crippen LogP contribution >= 0.6 is 11.8 Å². The number of hydrogen-bond acceptors (Lipinski definition) is 4. The SMILES string of the molecule is C[C@H](SCC(=O)Nc1cccc(S(=O)(=O)N2CCCC2)c1)c1ccccc1. The van der Waals surface area contributed by atoms with Crippen LogP contribution in [0.15, 0.2) is 59.5 Å². The second-order valence-electron chi connectivity index (χ2n) is 6.55. The fourth-order valence-electron chi connectivity index (χ4n) is 3.03. The minimum Gasteiger partial charge on any atom is -0.325 e. The number of amides is 1. The van der Waals surface area contributed by atoms with Gasteiger partial charge in [0, 0.05) is 24.0 Å². The van der Waals surface area contributed by atoms with Crippen LogP contribution in [-0.4, -0.2) is 37.5 Å². The van der Waals surface area contributed by atoms with Gasteiger partial charge in [0.15, 0.2) is 0 Å². The highest BCUT2D eigenvalue weighted by Gasteiger charge is 2.27. The van der Waals surface area contributed by atoms with Crippen LogP contribution in [0.25, 0.3) is 0 Å². The third kappa shape index (κ3) is 5.12. The van der Waals surface area contributed by atoms with Crippen molar-refractivity contribution < 1.29 is 13.2 Å². The van der Waals surface area contributed by atoms with E-state index in [1.54, 1.807) is 30.0 Å². The fraction of sp³-hybridized carbons (Fsp3) is 0.350. The Bertz CT molecular complexity index is 879. The van der Waals surface area contributed by atoms with Crippen molar-refractivity contribution >= 4 is 33.4 Å². The zero-order chi connectivity index (χ0) is 19.3. The van der Waals surface area contributed by atoms with Gasteiger partial charge >= 0.3 is 0 Å². The number of anilines is 1. The van der Waals surface area contributed by atoms with Crippen molar-refractivity contribution in [3.8, 4) is 0 Å². The van der Waals surface area contributed by atoms with Crippen LogP contribution in [0.4, 0.5) is 5.69 Å². The van der Waals surface area contributed by atoms with Crippen molar-refractivity contribution in [2.24, 2.45) is 0 Å². The van der Waals surface area contributed by atoms with Crippen LogP contribution in [0.2, 0.25) is 0 Å². The van der Waals surface area contributed by atoms with Crippen LogP contribution < -0.4 is 5.32 Å². The molecule has 1 aliphatic heterocycles. The van der Waals surface area contributed by atoms with E-state index in [0.717, 1.165) is 12.8 Å². The molecule has 0 saturated carbocycles. The maximum atomic E-state index is 12.7. The minimum absolute atomic E-state index is 0.140. The van der Waals surface area contributed by atoms with Crippen molar-refractivity contribution in [1.29, 1.82) is 0 Å². The number of nitrogens with one attached hydrogen (secondary N) is 1. The highest BCUT2D eigenvalue weighted by atomic mass is 32.2. The molecular formula is C20H24N2O3S2. The monoisotopic (exact) mass is 404 g/mol. The molecular weight excluding hydrogens is 380 g/mol. The van der Waals surface area contributed by atoms with Gasteiger partial charge in [0.25, 0.3) is 0 Å². The van der Waals surface area contributed by atoms with Gasteiger partial charge in [-0.3, -0.25) is 4.79 Å². The quantitative estimate of drug-likeness (QED) is 0.760. The lowest BCUT2D eigenvalue weighted by atomic mass is 10.2. The first kappa shape index (κ1) is 19.9. The molecule has 2 aromatic carbocycles. The lowest BCUT2D eigenvalue weighted by Crippen LogP contribution is -2.28. The Balaban J connectivity index is 1.60. The summed E-state index contributed by atoms with van der Waals surface area (Å²) in [6.07, 6.45) is 1.79. The van der Waals surface area contributed by atoms with Gasteiger partial charge in [0.05, 0.1) is 10.6 Å². The van der Waals surface area contributed by atoms with Gasteiger partial charge in [-0.2, -0.15) is 4.31 Å². The molecule has 1 atom stereocenters. The molecule has 0 aliphatic carbocycles. The molecule has 1 saturated heterocycles. The Morgan fingerprint density at radius 3 is 2.52 bits per heavy atom. The van der Waals surface area contributed by atoms with E-state index in [0.29, 0.717) is 24.5 Å². The Hall–Kier alpha value is -1.83. The summed E-state index contributed by atoms with van der Waals surface area (Å²) in [7, 11) is -3.48. The van der Waals surface area contributed by atoms with E-state index < -0.39 is 10.0 Å². The summed E-state index contributed by atoms with van der Waals surface area (Å²) in [5, 5.41) is 3.02. The minimum atomic E-state index is -3.48. The third-order valence-electron chi connectivity index (χ3n) is 4.55. The van der Waals surface area contributed by atoms with Crippen molar-refractivity contribution in [1.82, 2.24) is 4.31 Å². The Labute approximate surface area is 165 Å². The van der Waals surface area contributed by atoms with Crippen LogP contribution in [0.1, 0.15) is 30.6 Å². The van der Waals surface area contributed by atoms with E-state index in [4.69, 9.17) is 0 Å². The molecule has 0 aromatic heterocycles. The number of rotatable bonds is 7. The summed E-state index contributed by atoms with van der Waals surface area (Å²) in [4.78, 5) is 12.5. The average Bonchev–Trinajstić information content (AvgIpc) is 3.23. The number of hydrogen-bond donors (Lipinski definition) is 1. The Morgan fingerprint density at radius 1 is 1.11 bits per heavy atom. The van der Waals surface area contributed by atoms with E-state index in [9.17, 15) is 13.2 Å². The van der Waals surface area contributed by atoms with Gasteiger partial charge in [-0.05, 0) is 43.5 Å². The number of thioether (sulfide) groups is 1. The summed E-state index contributed by atoms with van der Waals surface area (Å²) in [5.41, 5.74) is 1.68. The molecule has 0 unspecified atom stereocenters. The first-order chi connectivity index (χ1) is 13.0. The second kappa shape index (κ2) is 8.91. The first-order valence-electron chi connectivity index (χ1n) is 9.03. The lowest BCUT2D eigenvalue weighted by Gasteiger charge is -2.16. The standard InChI is InChI=1S/C20H24N2O3S2/c1-16(17-8-3-2-4-9-17)26-15-20(23)21-18-10-7-11-19(14-18)27(24,25)22-12-5-6-13-22/h2-4,7-11,14,16H,5-6,12-13,15H2,1H3,(H,21,23)/t16-/m0/s1. The van der Waals surface area contributed by atoms with Crippen molar-refractivity contribution in [3.63, 3.8) is 0 Å². The topological polar surface area (TPSA) is 66.5 Å². The summed E-state index contributed by atoms with van der Waals surface area (Å²) < 4.78 is 26.8. The highest BCUT2D eigenvalue weighted by Crippen LogP contribution is 2.28. The van der Waals surface area contributed by atoms with Crippen LogP contribution in [0.5, 0.6) is 0 Å². The number of benzene rings is 2. The van der Waals surface area contributed by atoms with E-state index in [1.807, 2.05) is 30.3 Å². The molecule has 0 bridgehead atoms. The summed E-state index contributed by atoms with van der Waals surface area (Å²) in [6.45, 7) is 3.19. The molecule has 1 aliphatic rings. The normalized spacial score (nSPS) is 16.2. The second-order valence-corrected chi connectivity index (χ2v) is 9.82. The van der Waals surface area contributed by atoms with Crippen molar-refractivity contribution in [3.05, 3.63) is 60.2 Å². The molecule has 7 heteroatoms. The smallest absolute Gasteiger partial charge is 0.243 e. The summed E-state index contributed by atoms with van der Waals surface area (Å²) in [6, 6.07) is 16.5. The number of carbonyl (C=O) groups excluding carboxylic acids is 1. The zero-order valence-corrected chi connectivity index (χ0v) is 16.9. The largest absolute Gasteiger partial charge is 0.325 e. The average molecular weight is 405 g/mol. The molecule has 1 amide bonds. The van der Waals surface area contributed by atoms with Crippen LogP contribution in [0, 0.1) is 0 Å². The van der Waals surface area contributed by atoms with Gasteiger partial charge in [0.2, 0.25) is 15.9 Å². The number of sulfonamides is 1. The molecule has 0 radical (unpaired) electrons. The van der Waals surface area contributed by atoms with E-state index in [-0.39, 0.29) is 16.1 Å². The maximum Gasteiger partial charge on any atom is 0.243 e. The molecule has 3 rings (SSSR count). The van der Waals surface area contributed by atoms with Crippen LogP contribution in [0.3, 0.4) is 0 Å². The molecule has 0 spiro atoms. The highest BCUT2D eigenvalue weighted by molar-refractivity contribution is 8.00. The predicted octanol–water partition coefficient (Wildman–Crippen LogP) is 3.90. The molecule has 1 fully saturated rings. The van der Waals surface area contributed by atoms with E-state index in [1.165, 1.54) is 15.9 Å². The van der Waals surface area contributed by atoms with Gasteiger partial charge in [-0.1, -0.05) is 36.4 Å². The van der Waals surface area contributed by atoms with E-state index >= 15 is 0 Å². The molecule has 1 heterocycles. The summed E-state index contributed by atoms with van der Waals surface area (Å²) >= 11 is 1.55. The molecule has 1 N–H and O–H groups in total. The van der Waals surface area contributed by atoms with Gasteiger partial charge in [-0.25, -0.2) is 8.42 Å². The Kier molecular flexibility index (Phi) is 6.57. The molecule has 27 heavy (non-hydrogen) atoms. The molecule has 144 valence electrons. The Morgan fingerprint density at radius 2 is 1.81 bits per heavy atom. The van der Waals surface area contributed by atoms with E-state index in [2.05, 4.69) is 12.2 Å². The molecule has 2 aromatic rings. The third-order valence-corrected chi connectivity index (χ3v) is 7.65.